The predicted molar refractivity (Wildman–Crippen MR) is 76.5 cm³/mol. The fraction of sp³-hybridized carbons (Fsp3) is 0.467. The first-order chi connectivity index (χ1) is 9.49. The minimum absolute atomic E-state index is 0.0485. The van der Waals surface area contributed by atoms with Crippen LogP contribution in [0.5, 0.6) is 0 Å². The second kappa shape index (κ2) is 5.83. The average Bonchev–Trinajstić information content (AvgIpc) is 2.34. The molecule has 0 radical (unpaired) electrons. The molecule has 0 bridgehead atoms. The number of amides is 1. The van der Waals surface area contributed by atoms with Crippen LogP contribution in [0, 0.1) is 5.92 Å². The van der Waals surface area contributed by atoms with Gasteiger partial charge in [0.25, 0.3) is 0 Å². The zero-order valence-electron chi connectivity index (χ0n) is 11.4. The third kappa shape index (κ3) is 2.66. The fourth-order valence-corrected chi connectivity index (χ4v) is 2.54. The molecule has 2 N–H and O–H groups in total. The first-order valence-corrected chi connectivity index (χ1v) is 7.19. The van der Waals surface area contributed by atoms with E-state index in [1.165, 1.54) is 0 Å². The molecule has 1 amide bonds. The molecular formula is C15H18ClNO3. The second-order valence-corrected chi connectivity index (χ2v) is 5.62. The van der Waals surface area contributed by atoms with Gasteiger partial charge in [0.05, 0.1) is 0 Å². The van der Waals surface area contributed by atoms with Crippen molar-refractivity contribution in [2.24, 2.45) is 5.92 Å². The fourth-order valence-electron chi connectivity index (χ4n) is 2.41. The highest BCUT2D eigenvalue weighted by Gasteiger charge is 2.42. The molecule has 1 aliphatic carbocycles. The van der Waals surface area contributed by atoms with Crippen LogP contribution in [-0.2, 0) is 15.1 Å². The molecule has 1 atom stereocenters. The van der Waals surface area contributed by atoms with E-state index in [0.717, 1.165) is 19.3 Å². The molecule has 108 valence electrons. The third-order valence-corrected chi connectivity index (χ3v) is 4.30. The predicted octanol–water partition coefficient (Wildman–Crippen LogP) is 2.95. The minimum atomic E-state index is -1.38. The number of carboxylic acids is 1. The first kappa shape index (κ1) is 14.9. The van der Waals surface area contributed by atoms with Crippen molar-refractivity contribution in [2.45, 2.75) is 38.1 Å². The van der Waals surface area contributed by atoms with Crippen molar-refractivity contribution in [2.75, 3.05) is 0 Å². The second-order valence-electron chi connectivity index (χ2n) is 5.19. The van der Waals surface area contributed by atoms with Crippen molar-refractivity contribution < 1.29 is 14.7 Å². The van der Waals surface area contributed by atoms with Crippen molar-refractivity contribution in [3.05, 3.63) is 34.9 Å². The van der Waals surface area contributed by atoms with Crippen molar-refractivity contribution in [1.29, 1.82) is 0 Å². The molecule has 2 rings (SSSR count). The van der Waals surface area contributed by atoms with E-state index < -0.39 is 11.5 Å². The van der Waals surface area contributed by atoms with Crippen LogP contribution in [0.2, 0.25) is 5.02 Å². The molecule has 5 heteroatoms. The monoisotopic (exact) mass is 295 g/mol. The smallest absolute Gasteiger partial charge is 0.334 e. The molecule has 20 heavy (non-hydrogen) atoms. The number of rotatable bonds is 5. The van der Waals surface area contributed by atoms with E-state index in [2.05, 4.69) is 5.32 Å². The molecular weight excluding hydrogens is 278 g/mol. The number of benzene rings is 1. The molecule has 1 unspecified atom stereocenters. The average molecular weight is 296 g/mol. The first-order valence-electron chi connectivity index (χ1n) is 6.81. The van der Waals surface area contributed by atoms with Gasteiger partial charge in [-0.15, -0.1) is 0 Å². The Morgan fingerprint density at radius 2 is 1.95 bits per heavy atom. The highest BCUT2D eigenvalue weighted by atomic mass is 35.5. The van der Waals surface area contributed by atoms with Crippen LogP contribution in [0.3, 0.4) is 0 Å². The van der Waals surface area contributed by atoms with E-state index in [1.807, 2.05) is 0 Å². The summed E-state index contributed by atoms with van der Waals surface area (Å²) in [4.78, 5) is 23.9. The van der Waals surface area contributed by atoms with Gasteiger partial charge in [0.1, 0.15) is 0 Å². The summed E-state index contributed by atoms with van der Waals surface area (Å²) in [5.41, 5.74) is -0.832. The van der Waals surface area contributed by atoms with E-state index in [0.29, 0.717) is 10.6 Å². The van der Waals surface area contributed by atoms with Gasteiger partial charge in [-0.1, -0.05) is 37.1 Å². The largest absolute Gasteiger partial charge is 0.479 e. The Morgan fingerprint density at radius 1 is 1.35 bits per heavy atom. The van der Waals surface area contributed by atoms with Crippen LogP contribution < -0.4 is 5.32 Å². The molecule has 0 aromatic heterocycles. The van der Waals surface area contributed by atoms with Gasteiger partial charge in [0.2, 0.25) is 5.91 Å². The zero-order chi connectivity index (χ0) is 14.8. The molecule has 0 saturated heterocycles. The Bertz CT molecular complexity index is 510. The van der Waals surface area contributed by atoms with Gasteiger partial charge in [-0.05, 0) is 37.0 Å². The SMILES string of the molecule is CCC(NC(=O)C1CCC1)(C(=O)O)c1ccc(Cl)cc1. The highest BCUT2D eigenvalue weighted by Crippen LogP contribution is 2.31. The summed E-state index contributed by atoms with van der Waals surface area (Å²) < 4.78 is 0. The maximum absolute atomic E-state index is 12.1. The van der Waals surface area contributed by atoms with E-state index >= 15 is 0 Å². The number of halogens is 1. The number of hydrogen-bond acceptors (Lipinski definition) is 2. The molecule has 0 aliphatic heterocycles. The third-order valence-electron chi connectivity index (χ3n) is 4.04. The van der Waals surface area contributed by atoms with Crippen molar-refractivity contribution in [3.8, 4) is 0 Å². The summed E-state index contributed by atoms with van der Waals surface area (Å²) in [5, 5.41) is 12.9. The molecule has 4 nitrogen and oxygen atoms in total. The molecule has 1 aromatic carbocycles. The molecule has 1 aliphatic rings. The van der Waals surface area contributed by atoms with Crippen LogP contribution in [0.15, 0.2) is 24.3 Å². The molecule has 0 heterocycles. The summed E-state index contributed by atoms with van der Waals surface area (Å²) in [6, 6.07) is 6.58. The lowest BCUT2D eigenvalue weighted by Gasteiger charge is -2.34. The quantitative estimate of drug-likeness (QED) is 0.877. The topological polar surface area (TPSA) is 66.4 Å². The Balaban J connectivity index is 2.31. The number of carboxylic acid groups (broad SMARTS) is 1. The lowest BCUT2D eigenvalue weighted by atomic mass is 9.82. The van der Waals surface area contributed by atoms with Crippen molar-refractivity contribution >= 4 is 23.5 Å². The van der Waals surface area contributed by atoms with Crippen LogP contribution in [0.4, 0.5) is 0 Å². The number of nitrogens with one attached hydrogen (secondary N) is 1. The van der Waals surface area contributed by atoms with E-state index in [9.17, 15) is 14.7 Å². The summed E-state index contributed by atoms with van der Waals surface area (Å²) in [6.07, 6.45) is 2.99. The molecule has 1 aromatic rings. The summed E-state index contributed by atoms with van der Waals surface area (Å²) in [6.45, 7) is 1.75. The number of hydrogen-bond donors (Lipinski definition) is 2. The molecule has 1 saturated carbocycles. The highest BCUT2D eigenvalue weighted by molar-refractivity contribution is 6.30. The molecule has 0 spiro atoms. The van der Waals surface area contributed by atoms with Crippen molar-refractivity contribution in [1.82, 2.24) is 5.32 Å². The van der Waals surface area contributed by atoms with Gasteiger partial charge in [0.15, 0.2) is 5.54 Å². The van der Waals surface area contributed by atoms with Crippen LogP contribution >= 0.6 is 11.6 Å². The lowest BCUT2D eigenvalue weighted by molar-refractivity contribution is -0.149. The minimum Gasteiger partial charge on any atom is -0.479 e. The van der Waals surface area contributed by atoms with Gasteiger partial charge < -0.3 is 10.4 Å². The number of carbonyl (C=O) groups excluding carboxylic acids is 1. The Kier molecular flexibility index (Phi) is 4.33. The van der Waals surface area contributed by atoms with Gasteiger partial charge in [-0.2, -0.15) is 0 Å². The Labute approximate surface area is 123 Å². The van der Waals surface area contributed by atoms with E-state index in [-0.39, 0.29) is 18.2 Å². The normalized spacial score (nSPS) is 17.9. The maximum Gasteiger partial charge on any atom is 0.334 e. The lowest BCUT2D eigenvalue weighted by Crippen LogP contribution is -2.53. The van der Waals surface area contributed by atoms with Gasteiger partial charge in [-0.3, -0.25) is 4.79 Å². The standard InChI is InChI=1S/C15H18ClNO3/c1-2-15(14(19)20,11-6-8-12(16)9-7-11)17-13(18)10-4-3-5-10/h6-10H,2-5H2,1H3,(H,17,18)(H,19,20). The van der Waals surface area contributed by atoms with Gasteiger partial charge in [-0.25, -0.2) is 4.79 Å². The van der Waals surface area contributed by atoms with Crippen molar-refractivity contribution in [3.63, 3.8) is 0 Å². The molecule has 1 fully saturated rings. The van der Waals surface area contributed by atoms with E-state index in [4.69, 9.17) is 11.6 Å². The summed E-state index contributed by atoms with van der Waals surface area (Å²) >= 11 is 5.84. The van der Waals surface area contributed by atoms with Crippen LogP contribution in [0.25, 0.3) is 0 Å². The number of carbonyl (C=O) groups is 2. The summed E-state index contributed by atoms with van der Waals surface area (Å²) in [7, 11) is 0. The van der Waals surface area contributed by atoms with E-state index in [1.54, 1.807) is 31.2 Å². The van der Waals surface area contributed by atoms with Gasteiger partial charge >= 0.3 is 5.97 Å². The Morgan fingerprint density at radius 3 is 2.35 bits per heavy atom. The zero-order valence-corrected chi connectivity index (χ0v) is 12.1. The Hall–Kier alpha value is -1.55. The van der Waals surface area contributed by atoms with Crippen LogP contribution in [-0.4, -0.2) is 17.0 Å². The maximum atomic E-state index is 12.1. The van der Waals surface area contributed by atoms with Gasteiger partial charge in [0, 0.05) is 10.9 Å². The van der Waals surface area contributed by atoms with Crippen LogP contribution in [0.1, 0.15) is 38.2 Å². The summed E-state index contributed by atoms with van der Waals surface area (Å²) in [5.74, 6) is -1.27. The number of aliphatic carboxylic acids is 1.